The van der Waals surface area contributed by atoms with Crippen molar-refractivity contribution in [1.82, 2.24) is 10.2 Å². The zero-order chi connectivity index (χ0) is 17.2. The summed E-state index contributed by atoms with van der Waals surface area (Å²) in [5.41, 5.74) is -0.807. The molecular weight excluding hydrogens is 308 g/mol. The van der Waals surface area contributed by atoms with Gasteiger partial charge in [-0.3, -0.25) is 14.5 Å². The normalized spacial score (nSPS) is 31.4. The predicted octanol–water partition coefficient (Wildman–Crippen LogP) is 2.61. The molecule has 0 aromatic carbocycles. The number of carbonyl (C=O) groups excluding carboxylic acids is 3. The number of esters is 1. The second kappa shape index (κ2) is 7.11. The Balaban J connectivity index is 1.55. The van der Waals surface area contributed by atoms with E-state index in [0.29, 0.717) is 18.9 Å². The van der Waals surface area contributed by atoms with Crippen molar-refractivity contribution >= 4 is 17.9 Å². The number of carbonyl (C=O) groups is 3. The fourth-order valence-electron chi connectivity index (χ4n) is 4.38. The molecule has 2 atom stereocenters. The van der Waals surface area contributed by atoms with Crippen LogP contribution >= 0.6 is 0 Å². The number of nitrogens with zero attached hydrogens (tertiary/aromatic N) is 1. The maximum absolute atomic E-state index is 12.8. The van der Waals surface area contributed by atoms with Gasteiger partial charge >= 0.3 is 12.0 Å². The summed E-state index contributed by atoms with van der Waals surface area (Å²) in [6.07, 6.45) is 9.41. The molecule has 0 aromatic heterocycles. The quantitative estimate of drug-likeness (QED) is 0.632. The van der Waals surface area contributed by atoms with Gasteiger partial charge in [0, 0.05) is 0 Å². The van der Waals surface area contributed by atoms with Crippen LogP contribution in [0.5, 0.6) is 0 Å². The Morgan fingerprint density at radius 1 is 1.17 bits per heavy atom. The number of amides is 3. The van der Waals surface area contributed by atoms with Gasteiger partial charge in [0.15, 0.2) is 0 Å². The van der Waals surface area contributed by atoms with Gasteiger partial charge in [-0.1, -0.05) is 39.0 Å². The van der Waals surface area contributed by atoms with E-state index >= 15 is 0 Å². The second-order valence-electron chi connectivity index (χ2n) is 7.63. The highest BCUT2D eigenvalue weighted by molar-refractivity contribution is 6.08. The summed E-state index contributed by atoms with van der Waals surface area (Å²) in [4.78, 5) is 38.1. The Hall–Kier alpha value is -1.59. The van der Waals surface area contributed by atoms with Gasteiger partial charge in [-0.2, -0.15) is 0 Å². The summed E-state index contributed by atoms with van der Waals surface area (Å²) in [7, 11) is 0. The van der Waals surface area contributed by atoms with Crippen LogP contribution in [0.2, 0.25) is 0 Å². The van der Waals surface area contributed by atoms with Crippen LogP contribution in [0.3, 0.4) is 0 Å². The molecule has 134 valence electrons. The molecule has 0 unspecified atom stereocenters. The maximum Gasteiger partial charge on any atom is 0.326 e. The van der Waals surface area contributed by atoms with Gasteiger partial charge < -0.3 is 10.1 Å². The topological polar surface area (TPSA) is 75.7 Å². The average Bonchev–Trinajstić information content (AvgIpc) is 2.82. The third-order valence-corrected chi connectivity index (χ3v) is 5.99. The first-order chi connectivity index (χ1) is 11.5. The lowest BCUT2D eigenvalue weighted by molar-refractivity contribution is -0.149. The highest BCUT2D eigenvalue weighted by Crippen LogP contribution is 2.38. The third-order valence-electron chi connectivity index (χ3n) is 5.99. The van der Waals surface area contributed by atoms with Crippen molar-refractivity contribution in [2.75, 3.05) is 13.2 Å². The molecule has 1 aliphatic heterocycles. The van der Waals surface area contributed by atoms with E-state index in [9.17, 15) is 14.4 Å². The summed E-state index contributed by atoms with van der Waals surface area (Å²) < 4.78 is 5.33. The molecule has 6 nitrogen and oxygen atoms in total. The van der Waals surface area contributed by atoms with Gasteiger partial charge in [0.1, 0.15) is 12.1 Å². The first-order valence-corrected chi connectivity index (χ1v) is 9.32. The molecule has 1 N–H and O–H groups in total. The van der Waals surface area contributed by atoms with Crippen LogP contribution in [0.25, 0.3) is 0 Å². The van der Waals surface area contributed by atoms with Crippen molar-refractivity contribution in [3.63, 3.8) is 0 Å². The molecule has 2 aliphatic carbocycles. The Kier molecular flexibility index (Phi) is 5.11. The molecule has 24 heavy (non-hydrogen) atoms. The number of hydrogen-bond donors (Lipinski definition) is 1. The Morgan fingerprint density at radius 2 is 1.88 bits per heavy atom. The third kappa shape index (κ3) is 3.28. The highest BCUT2D eigenvalue weighted by Gasteiger charge is 2.55. The number of hydrogen-bond acceptors (Lipinski definition) is 4. The van der Waals surface area contributed by atoms with Gasteiger partial charge in [0.2, 0.25) is 0 Å². The van der Waals surface area contributed by atoms with E-state index in [0.717, 1.165) is 37.0 Å². The molecule has 2 saturated carbocycles. The zero-order valence-corrected chi connectivity index (χ0v) is 14.5. The molecule has 3 aliphatic rings. The van der Waals surface area contributed by atoms with Gasteiger partial charge in [0.25, 0.3) is 5.91 Å². The monoisotopic (exact) mass is 336 g/mol. The molecule has 0 radical (unpaired) electrons. The van der Waals surface area contributed by atoms with Crippen molar-refractivity contribution in [3.05, 3.63) is 0 Å². The van der Waals surface area contributed by atoms with E-state index in [1.807, 2.05) is 6.92 Å². The molecule has 6 heteroatoms. The first-order valence-electron chi connectivity index (χ1n) is 9.32. The van der Waals surface area contributed by atoms with Crippen molar-refractivity contribution in [1.29, 1.82) is 0 Å². The average molecular weight is 336 g/mol. The molecule has 1 spiro atoms. The van der Waals surface area contributed by atoms with E-state index in [1.54, 1.807) is 0 Å². The fraction of sp³-hybridized carbons (Fsp3) is 0.833. The van der Waals surface area contributed by atoms with Gasteiger partial charge in [-0.25, -0.2) is 4.79 Å². The Labute approximate surface area is 143 Å². The number of imide groups is 1. The molecule has 3 amide bonds. The SMILES string of the molecule is C[C@@H]1CCCC[C@@]12NC(=O)N(CC(=O)OCC1CCCCC1)C2=O. The van der Waals surface area contributed by atoms with Crippen molar-refractivity contribution in [2.45, 2.75) is 70.3 Å². The van der Waals surface area contributed by atoms with Crippen LogP contribution in [-0.4, -0.2) is 41.5 Å². The van der Waals surface area contributed by atoms with Gasteiger partial charge in [-0.05, 0) is 37.5 Å². The maximum atomic E-state index is 12.8. The van der Waals surface area contributed by atoms with E-state index in [4.69, 9.17) is 4.74 Å². The van der Waals surface area contributed by atoms with Crippen LogP contribution in [0.15, 0.2) is 0 Å². The van der Waals surface area contributed by atoms with E-state index < -0.39 is 17.5 Å². The summed E-state index contributed by atoms with van der Waals surface area (Å²) >= 11 is 0. The molecule has 1 saturated heterocycles. The summed E-state index contributed by atoms with van der Waals surface area (Å²) in [6, 6.07) is -0.455. The molecular formula is C18H28N2O4. The number of rotatable bonds is 4. The largest absolute Gasteiger partial charge is 0.464 e. The lowest BCUT2D eigenvalue weighted by Crippen LogP contribution is -2.54. The van der Waals surface area contributed by atoms with Crippen LogP contribution < -0.4 is 5.32 Å². The molecule has 0 bridgehead atoms. The van der Waals surface area contributed by atoms with Crippen LogP contribution in [0.1, 0.15) is 64.7 Å². The van der Waals surface area contributed by atoms with Crippen molar-refractivity contribution < 1.29 is 19.1 Å². The van der Waals surface area contributed by atoms with E-state index in [1.165, 1.54) is 19.3 Å². The standard InChI is InChI=1S/C18H28N2O4/c1-13-7-5-6-10-18(13)16(22)20(17(23)19-18)11-15(21)24-12-14-8-3-2-4-9-14/h13-14H,2-12H2,1H3,(H,19,23)/t13-,18-/m1/s1. The minimum absolute atomic E-state index is 0.103. The number of ether oxygens (including phenoxy) is 1. The van der Waals surface area contributed by atoms with Gasteiger partial charge in [0.05, 0.1) is 6.61 Å². The summed E-state index contributed by atoms with van der Waals surface area (Å²) in [6.45, 7) is 2.14. The lowest BCUT2D eigenvalue weighted by Gasteiger charge is -2.36. The van der Waals surface area contributed by atoms with Crippen molar-refractivity contribution in [2.24, 2.45) is 11.8 Å². The number of nitrogens with one attached hydrogen (secondary N) is 1. The molecule has 3 fully saturated rings. The smallest absolute Gasteiger partial charge is 0.326 e. The fourth-order valence-corrected chi connectivity index (χ4v) is 4.38. The summed E-state index contributed by atoms with van der Waals surface area (Å²) in [5.74, 6) is -0.208. The highest BCUT2D eigenvalue weighted by atomic mass is 16.5. The molecule has 0 aromatic rings. The first kappa shape index (κ1) is 17.2. The van der Waals surface area contributed by atoms with Crippen molar-refractivity contribution in [3.8, 4) is 0 Å². The Morgan fingerprint density at radius 3 is 2.58 bits per heavy atom. The van der Waals surface area contributed by atoms with Crippen LogP contribution in [0.4, 0.5) is 4.79 Å². The molecule has 1 heterocycles. The van der Waals surface area contributed by atoms with Crippen LogP contribution in [-0.2, 0) is 14.3 Å². The van der Waals surface area contributed by atoms with Crippen LogP contribution in [0, 0.1) is 11.8 Å². The van der Waals surface area contributed by atoms with Gasteiger partial charge in [-0.15, -0.1) is 0 Å². The Bertz CT molecular complexity index is 515. The predicted molar refractivity (Wildman–Crippen MR) is 88.1 cm³/mol. The minimum Gasteiger partial charge on any atom is -0.464 e. The minimum atomic E-state index is -0.807. The zero-order valence-electron chi connectivity index (χ0n) is 14.5. The van der Waals surface area contributed by atoms with E-state index in [2.05, 4.69) is 5.32 Å². The molecule has 3 rings (SSSR count). The summed E-state index contributed by atoms with van der Waals surface area (Å²) in [5, 5.41) is 2.86. The second-order valence-corrected chi connectivity index (χ2v) is 7.63. The van der Waals surface area contributed by atoms with E-state index in [-0.39, 0.29) is 18.4 Å². The number of urea groups is 1. The lowest BCUT2D eigenvalue weighted by atomic mass is 9.73.